The van der Waals surface area contributed by atoms with Crippen LogP contribution in [0.1, 0.15) is 26.7 Å². The molecule has 0 aromatic rings. The molecule has 14 heavy (non-hydrogen) atoms. The molecule has 1 aliphatic heterocycles. The molecule has 1 fully saturated rings. The third-order valence-corrected chi connectivity index (χ3v) is 2.22. The lowest BCUT2D eigenvalue weighted by Crippen LogP contribution is -2.52. The van der Waals surface area contributed by atoms with E-state index < -0.39 is 0 Å². The van der Waals surface area contributed by atoms with Gasteiger partial charge in [0.05, 0.1) is 6.61 Å². The van der Waals surface area contributed by atoms with Crippen molar-refractivity contribution in [2.45, 2.75) is 32.7 Å². The molecule has 0 aliphatic carbocycles. The molecule has 0 spiro atoms. The Labute approximate surface area is 84.9 Å². The van der Waals surface area contributed by atoms with Crippen LogP contribution in [-0.2, 0) is 9.53 Å². The van der Waals surface area contributed by atoms with Crippen molar-refractivity contribution < 1.29 is 9.53 Å². The first kappa shape index (κ1) is 11.0. The number of hydrogen-bond acceptors (Lipinski definition) is 4. The monoisotopic (exact) mass is 198 g/mol. The fourth-order valence-corrected chi connectivity index (χ4v) is 1.49. The average molecular weight is 198 g/mol. The third-order valence-electron chi connectivity index (χ3n) is 2.22. The number of ether oxygens (including phenoxy) is 1. The topological polar surface area (TPSA) is 41.6 Å². The van der Waals surface area contributed by atoms with Crippen molar-refractivity contribution in [3.05, 3.63) is 12.3 Å². The zero-order valence-electron chi connectivity index (χ0n) is 8.88. The van der Waals surface area contributed by atoms with Crippen LogP contribution >= 0.6 is 0 Å². The lowest BCUT2D eigenvalue weighted by molar-refractivity contribution is -0.148. The van der Waals surface area contributed by atoms with Crippen molar-refractivity contribution in [2.75, 3.05) is 13.2 Å². The highest BCUT2D eigenvalue weighted by Gasteiger charge is 2.25. The molecule has 0 bridgehead atoms. The summed E-state index contributed by atoms with van der Waals surface area (Å²) in [6.07, 6.45) is 1.83. The Morgan fingerprint density at radius 3 is 3.00 bits per heavy atom. The van der Waals surface area contributed by atoms with Crippen LogP contribution in [0.3, 0.4) is 0 Å². The molecule has 0 radical (unpaired) electrons. The van der Waals surface area contributed by atoms with E-state index >= 15 is 0 Å². The van der Waals surface area contributed by atoms with Gasteiger partial charge in [-0.05, 0) is 26.7 Å². The molecule has 1 aliphatic rings. The van der Waals surface area contributed by atoms with Crippen LogP contribution in [0.25, 0.3) is 0 Å². The predicted octanol–water partition coefficient (Wildman–Crippen LogP) is 1.05. The van der Waals surface area contributed by atoms with E-state index in [1.165, 1.54) is 0 Å². The minimum atomic E-state index is -0.208. The number of hydrazine groups is 1. The van der Waals surface area contributed by atoms with Crippen molar-refractivity contribution in [3.63, 3.8) is 0 Å². The van der Waals surface area contributed by atoms with E-state index in [2.05, 4.69) is 12.0 Å². The van der Waals surface area contributed by atoms with Crippen LogP contribution in [-0.4, -0.2) is 30.2 Å². The molecule has 1 N–H and O–H groups in total. The van der Waals surface area contributed by atoms with Crippen LogP contribution in [0.5, 0.6) is 0 Å². The van der Waals surface area contributed by atoms with Crippen LogP contribution < -0.4 is 5.43 Å². The smallest absolute Gasteiger partial charge is 0.324 e. The molecule has 0 aromatic heterocycles. The van der Waals surface area contributed by atoms with Crippen LogP contribution in [0.2, 0.25) is 0 Å². The number of hydrogen-bond donors (Lipinski definition) is 1. The summed E-state index contributed by atoms with van der Waals surface area (Å²) in [6, 6.07) is -0.208. The van der Waals surface area contributed by atoms with Gasteiger partial charge in [0.1, 0.15) is 6.04 Å². The molecule has 1 heterocycles. The van der Waals surface area contributed by atoms with Gasteiger partial charge in [-0.25, -0.2) is 5.43 Å². The van der Waals surface area contributed by atoms with Crippen molar-refractivity contribution in [3.8, 4) is 0 Å². The average Bonchev–Trinajstić information content (AvgIpc) is 2.18. The third kappa shape index (κ3) is 2.73. The first-order valence-corrected chi connectivity index (χ1v) is 5.01. The Morgan fingerprint density at radius 2 is 2.43 bits per heavy atom. The number of carbonyl (C=O) groups excluding carboxylic acids is 1. The van der Waals surface area contributed by atoms with E-state index in [0.29, 0.717) is 6.61 Å². The summed E-state index contributed by atoms with van der Waals surface area (Å²) in [7, 11) is 0. The van der Waals surface area contributed by atoms with E-state index in [1.807, 2.05) is 18.9 Å². The maximum atomic E-state index is 11.4. The zero-order chi connectivity index (χ0) is 10.6. The molecule has 0 saturated carbocycles. The summed E-state index contributed by atoms with van der Waals surface area (Å²) in [6.45, 7) is 8.91. The number of nitrogens with one attached hydrogen (secondary N) is 1. The molecule has 1 atom stereocenters. The second kappa shape index (κ2) is 5.00. The Hall–Kier alpha value is -1.03. The molecular formula is C10H18N2O2. The highest BCUT2D eigenvalue weighted by Crippen LogP contribution is 2.11. The van der Waals surface area contributed by atoms with Gasteiger partial charge in [0.2, 0.25) is 0 Å². The van der Waals surface area contributed by atoms with Crippen LogP contribution in [0.4, 0.5) is 0 Å². The van der Waals surface area contributed by atoms with Gasteiger partial charge in [0.25, 0.3) is 0 Å². The van der Waals surface area contributed by atoms with E-state index in [1.54, 1.807) is 0 Å². The minimum absolute atomic E-state index is 0.168. The lowest BCUT2D eigenvalue weighted by atomic mass is 10.1. The molecule has 1 unspecified atom stereocenters. The number of allylic oxidation sites excluding steroid dienone is 1. The van der Waals surface area contributed by atoms with Gasteiger partial charge in [-0.15, -0.1) is 0 Å². The van der Waals surface area contributed by atoms with Crippen LogP contribution in [0, 0.1) is 0 Å². The predicted molar refractivity (Wildman–Crippen MR) is 54.3 cm³/mol. The zero-order valence-corrected chi connectivity index (χ0v) is 8.88. The van der Waals surface area contributed by atoms with Crippen molar-refractivity contribution >= 4 is 5.97 Å². The van der Waals surface area contributed by atoms with E-state index in [4.69, 9.17) is 4.74 Å². The number of carbonyl (C=O) groups is 1. The lowest BCUT2D eigenvalue weighted by Gasteiger charge is -2.34. The quantitative estimate of drug-likeness (QED) is 0.688. The maximum absolute atomic E-state index is 11.4. The molecule has 0 amide bonds. The summed E-state index contributed by atoms with van der Waals surface area (Å²) in [5.74, 6) is -0.168. The van der Waals surface area contributed by atoms with E-state index in [0.717, 1.165) is 25.1 Å². The van der Waals surface area contributed by atoms with E-state index in [9.17, 15) is 4.79 Å². The number of esters is 1. The fourth-order valence-electron chi connectivity index (χ4n) is 1.49. The van der Waals surface area contributed by atoms with Gasteiger partial charge in [-0.3, -0.25) is 4.79 Å². The van der Waals surface area contributed by atoms with Gasteiger partial charge in [0.15, 0.2) is 0 Å². The van der Waals surface area contributed by atoms with Crippen molar-refractivity contribution in [1.29, 1.82) is 0 Å². The summed E-state index contributed by atoms with van der Waals surface area (Å²) >= 11 is 0. The van der Waals surface area contributed by atoms with Crippen LogP contribution in [0.15, 0.2) is 12.3 Å². The standard InChI is InChI=1S/C10H18N2O2/c1-4-14-10(13)9-6-5-7-12(11-9)8(2)3/h9,11H,2,4-7H2,1,3H3. The highest BCUT2D eigenvalue weighted by atomic mass is 16.5. The molecule has 80 valence electrons. The normalized spacial score (nSPS) is 21.9. The van der Waals surface area contributed by atoms with Crippen molar-refractivity contribution in [1.82, 2.24) is 10.4 Å². The molecule has 4 heteroatoms. The molecule has 4 nitrogen and oxygen atoms in total. The summed E-state index contributed by atoms with van der Waals surface area (Å²) in [5, 5.41) is 1.91. The highest BCUT2D eigenvalue weighted by molar-refractivity contribution is 5.75. The Bertz CT molecular complexity index is 228. The summed E-state index contributed by atoms with van der Waals surface area (Å²) in [5.41, 5.74) is 4.03. The molecule has 1 saturated heterocycles. The Kier molecular flexibility index (Phi) is 3.95. The van der Waals surface area contributed by atoms with Gasteiger partial charge in [-0.2, -0.15) is 0 Å². The fraction of sp³-hybridized carbons (Fsp3) is 0.700. The van der Waals surface area contributed by atoms with E-state index in [-0.39, 0.29) is 12.0 Å². The summed E-state index contributed by atoms with van der Waals surface area (Å²) < 4.78 is 4.95. The van der Waals surface area contributed by atoms with Gasteiger partial charge < -0.3 is 9.75 Å². The second-order valence-corrected chi connectivity index (χ2v) is 3.46. The maximum Gasteiger partial charge on any atom is 0.324 e. The number of nitrogens with zero attached hydrogens (tertiary/aromatic N) is 1. The Balaban J connectivity index is 2.47. The van der Waals surface area contributed by atoms with Gasteiger partial charge in [-0.1, -0.05) is 6.58 Å². The SMILES string of the molecule is C=C(C)N1CCCC(C(=O)OCC)N1. The molecular weight excluding hydrogens is 180 g/mol. The van der Waals surface area contributed by atoms with Gasteiger partial charge >= 0.3 is 5.97 Å². The second-order valence-electron chi connectivity index (χ2n) is 3.46. The first-order valence-electron chi connectivity index (χ1n) is 5.01. The van der Waals surface area contributed by atoms with Gasteiger partial charge in [0, 0.05) is 12.2 Å². The first-order chi connectivity index (χ1) is 6.65. The minimum Gasteiger partial charge on any atom is -0.465 e. The summed E-state index contributed by atoms with van der Waals surface area (Å²) in [4.78, 5) is 11.4. The van der Waals surface area contributed by atoms with Crippen molar-refractivity contribution in [2.24, 2.45) is 0 Å². The number of rotatable bonds is 3. The largest absolute Gasteiger partial charge is 0.465 e. The Morgan fingerprint density at radius 1 is 1.71 bits per heavy atom. The molecule has 1 rings (SSSR count). The molecule has 0 aromatic carbocycles.